The van der Waals surface area contributed by atoms with Crippen LogP contribution in [0.1, 0.15) is 6.42 Å². The van der Waals surface area contributed by atoms with Gasteiger partial charge in [-0.2, -0.15) is 0 Å². The van der Waals surface area contributed by atoms with Gasteiger partial charge in [0.15, 0.2) is 5.13 Å². The van der Waals surface area contributed by atoms with Crippen molar-refractivity contribution in [2.24, 2.45) is 0 Å². The van der Waals surface area contributed by atoms with Crippen LogP contribution in [-0.2, 0) is 14.3 Å². The minimum atomic E-state index is -0.192. The smallest absolute Gasteiger partial charge is 0.298 e. The fourth-order valence-corrected chi connectivity index (χ4v) is 3.45. The summed E-state index contributed by atoms with van der Waals surface area (Å²) in [5, 5.41) is 0.699. The van der Waals surface area contributed by atoms with Crippen LogP contribution in [0.15, 0.2) is 36.3 Å². The van der Waals surface area contributed by atoms with Crippen molar-refractivity contribution in [1.29, 1.82) is 0 Å². The van der Waals surface area contributed by atoms with Gasteiger partial charge in [-0.3, -0.25) is 9.69 Å². The van der Waals surface area contributed by atoms with Gasteiger partial charge in [-0.05, 0) is 12.1 Å². The number of anilines is 1. The zero-order valence-corrected chi connectivity index (χ0v) is 14.8. The second kappa shape index (κ2) is 7.63. The largest absolute Gasteiger partial charge is 0.494 e. The Labute approximate surface area is 145 Å². The minimum Gasteiger partial charge on any atom is -0.494 e. The summed E-state index contributed by atoms with van der Waals surface area (Å²) in [5.74, 6) is 0.0558. The van der Waals surface area contributed by atoms with Crippen LogP contribution in [0.5, 0.6) is 0 Å². The van der Waals surface area contributed by atoms with Crippen LogP contribution in [0.3, 0.4) is 0 Å². The van der Waals surface area contributed by atoms with Crippen molar-refractivity contribution >= 4 is 32.6 Å². The molecule has 1 aromatic carbocycles. The summed E-state index contributed by atoms with van der Waals surface area (Å²) in [6, 6.07) is 7.91. The number of rotatable bonds is 6. The summed E-state index contributed by atoms with van der Waals surface area (Å²) >= 11 is 1.52. The molecule has 0 aliphatic carbocycles. The van der Waals surface area contributed by atoms with Crippen molar-refractivity contribution in [2.45, 2.75) is 6.42 Å². The lowest BCUT2D eigenvalue weighted by atomic mass is 10.3. The van der Waals surface area contributed by atoms with Gasteiger partial charge in [-0.15, -0.1) is 0 Å². The number of carbonyl (C=O) groups is 1. The molecule has 0 unspecified atom stereocenters. The van der Waals surface area contributed by atoms with Gasteiger partial charge in [-0.25, -0.2) is 4.98 Å². The van der Waals surface area contributed by atoms with Crippen molar-refractivity contribution in [3.8, 4) is 0 Å². The highest BCUT2D eigenvalue weighted by atomic mass is 32.1. The van der Waals surface area contributed by atoms with E-state index in [0.29, 0.717) is 24.9 Å². The Kier molecular flexibility index (Phi) is 5.32. The molecule has 0 spiro atoms. The van der Waals surface area contributed by atoms with Gasteiger partial charge in [0.2, 0.25) is 5.76 Å². The van der Waals surface area contributed by atoms with Crippen molar-refractivity contribution < 1.29 is 19.2 Å². The van der Waals surface area contributed by atoms with E-state index >= 15 is 0 Å². The normalized spacial score (nSPS) is 14.2. The van der Waals surface area contributed by atoms with Crippen molar-refractivity contribution in [1.82, 2.24) is 4.98 Å². The quantitative estimate of drug-likeness (QED) is 0.848. The molecule has 0 radical (unpaired) electrons. The van der Waals surface area contributed by atoms with E-state index < -0.39 is 0 Å². The zero-order valence-electron chi connectivity index (χ0n) is 13.9. The number of fused-ring (bicyclic) bond motifs is 1. The molecule has 0 bridgehead atoms. The molecule has 7 heteroatoms. The van der Waals surface area contributed by atoms with Gasteiger partial charge < -0.3 is 14.4 Å². The molecule has 128 valence electrons. The third-order valence-corrected chi connectivity index (χ3v) is 4.74. The Bertz CT molecular complexity index is 709. The van der Waals surface area contributed by atoms with E-state index in [-0.39, 0.29) is 11.7 Å². The fraction of sp³-hybridized carbons (Fsp3) is 0.412. The summed E-state index contributed by atoms with van der Waals surface area (Å²) in [4.78, 5) is 20.5. The predicted octanol–water partition coefficient (Wildman–Crippen LogP) is 1.05. The molecule has 0 saturated carbocycles. The number of hydrogen-bond acceptors (Lipinski definition) is 5. The first-order chi connectivity index (χ1) is 11.6. The molecule has 6 nitrogen and oxygen atoms in total. The Hall–Kier alpha value is -2.12. The maximum atomic E-state index is 12.9. The first kappa shape index (κ1) is 16.7. The highest BCUT2D eigenvalue weighted by Crippen LogP contribution is 2.29. The summed E-state index contributed by atoms with van der Waals surface area (Å²) in [6.45, 7) is 2.45. The van der Waals surface area contributed by atoms with Gasteiger partial charge in [0.05, 0.1) is 30.9 Å². The topological polar surface area (TPSA) is 56.1 Å². The van der Waals surface area contributed by atoms with Crippen LogP contribution in [-0.4, -0.2) is 51.3 Å². The Balaban J connectivity index is 1.85. The van der Waals surface area contributed by atoms with Crippen LogP contribution in [0.25, 0.3) is 10.2 Å². The standard InChI is InChI=1S/C17H21N3O3S/c1-19(2)8-5-9-20(16(21)14-12-22-10-11-23-14)17-18-13-6-3-4-7-15(13)24-17/h3-4,6-7,12H,5,8-11H2,1-2H3/p+1. The lowest BCUT2D eigenvalue weighted by Gasteiger charge is -2.23. The molecular weight excluding hydrogens is 326 g/mol. The number of para-hydroxylation sites is 1. The Morgan fingerprint density at radius 2 is 2.17 bits per heavy atom. The van der Waals surface area contributed by atoms with Gasteiger partial charge in [0.25, 0.3) is 5.91 Å². The van der Waals surface area contributed by atoms with Gasteiger partial charge in [0, 0.05) is 13.0 Å². The Morgan fingerprint density at radius 3 is 2.88 bits per heavy atom. The lowest BCUT2D eigenvalue weighted by Crippen LogP contribution is -3.05. The fourth-order valence-electron chi connectivity index (χ4n) is 2.46. The first-order valence-electron chi connectivity index (χ1n) is 8.06. The van der Waals surface area contributed by atoms with E-state index in [1.165, 1.54) is 22.5 Å². The van der Waals surface area contributed by atoms with Gasteiger partial charge >= 0.3 is 0 Å². The second-order valence-corrected chi connectivity index (χ2v) is 6.94. The molecule has 1 N–H and O–H groups in total. The molecule has 1 aromatic heterocycles. The van der Waals surface area contributed by atoms with E-state index in [9.17, 15) is 4.79 Å². The van der Waals surface area contributed by atoms with Crippen LogP contribution in [0.4, 0.5) is 5.13 Å². The molecule has 1 aliphatic rings. The van der Waals surface area contributed by atoms with Crippen molar-refractivity contribution in [3.63, 3.8) is 0 Å². The highest BCUT2D eigenvalue weighted by molar-refractivity contribution is 7.22. The molecule has 1 amide bonds. The molecule has 0 atom stereocenters. The lowest BCUT2D eigenvalue weighted by molar-refractivity contribution is -0.858. The number of carbonyl (C=O) groups excluding carboxylic acids is 1. The molecule has 3 rings (SSSR count). The molecule has 24 heavy (non-hydrogen) atoms. The maximum absolute atomic E-state index is 12.9. The monoisotopic (exact) mass is 348 g/mol. The number of thiazole rings is 1. The van der Waals surface area contributed by atoms with E-state index in [1.807, 2.05) is 24.3 Å². The average molecular weight is 348 g/mol. The summed E-state index contributed by atoms with van der Waals surface area (Å²) in [6.07, 6.45) is 2.29. The number of ether oxygens (including phenoxy) is 2. The van der Waals surface area contributed by atoms with Crippen LogP contribution in [0.2, 0.25) is 0 Å². The first-order valence-corrected chi connectivity index (χ1v) is 8.88. The summed E-state index contributed by atoms with van der Waals surface area (Å²) in [7, 11) is 4.20. The molecule has 0 saturated heterocycles. The second-order valence-electron chi connectivity index (χ2n) is 5.93. The third kappa shape index (κ3) is 3.85. The molecular formula is C17H22N3O3S+. The number of hydrogen-bond donors (Lipinski definition) is 1. The third-order valence-electron chi connectivity index (χ3n) is 3.68. The van der Waals surface area contributed by atoms with Gasteiger partial charge in [-0.1, -0.05) is 23.5 Å². The predicted molar refractivity (Wildman–Crippen MR) is 94.3 cm³/mol. The number of amides is 1. The SMILES string of the molecule is C[NH+](C)CCCN(C(=O)C1=COCCO1)c1nc2ccccc2s1. The molecule has 2 aromatic rings. The summed E-state index contributed by atoms with van der Waals surface area (Å²) < 4.78 is 11.8. The van der Waals surface area contributed by atoms with E-state index in [0.717, 1.165) is 23.2 Å². The van der Waals surface area contributed by atoms with E-state index in [1.54, 1.807) is 4.90 Å². The van der Waals surface area contributed by atoms with E-state index in [4.69, 9.17) is 9.47 Å². The van der Waals surface area contributed by atoms with Crippen molar-refractivity contribution in [3.05, 3.63) is 36.3 Å². The van der Waals surface area contributed by atoms with E-state index in [2.05, 4.69) is 19.1 Å². The number of nitrogens with one attached hydrogen (secondary N) is 1. The number of nitrogens with zero attached hydrogens (tertiary/aromatic N) is 2. The number of aromatic nitrogens is 1. The van der Waals surface area contributed by atoms with Crippen LogP contribution < -0.4 is 9.80 Å². The van der Waals surface area contributed by atoms with Crippen molar-refractivity contribution in [2.75, 3.05) is 45.3 Å². The van der Waals surface area contributed by atoms with Crippen LogP contribution in [0, 0.1) is 0 Å². The summed E-state index contributed by atoms with van der Waals surface area (Å²) in [5.41, 5.74) is 0.906. The van der Waals surface area contributed by atoms with Gasteiger partial charge in [0.1, 0.15) is 19.5 Å². The zero-order chi connectivity index (χ0) is 16.9. The number of benzene rings is 1. The minimum absolute atomic E-state index is 0.192. The molecule has 2 heterocycles. The molecule has 1 aliphatic heterocycles. The highest BCUT2D eigenvalue weighted by Gasteiger charge is 2.26. The van der Waals surface area contributed by atoms with Crippen LogP contribution >= 0.6 is 11.3 Å². The average Bonchev–Trinajstić information content (AvgIpc) is 3.02. The number of quaternary nitrogens is 1. The molecule has 0 fully saturated rings. The maximum Gasteiger partial charge on any atom is 0.298 e. The Morgan fingerprint density at radius 1 is 1.33 bits per heavy atom.